The second kappa shape index (κ2) is 3.01. The van der Waals surface area contributed by atoms with Crippen LogP contribution in [0.1, 0.15) is 24.1 Å². The molecule has 0 spiro atoms. The highest BCUT2D eigenvalue weighted by Crippen LogP contribution is 2.16. The van der Waals surface area contributed by atoms with E-state index < -0.39 is 0 Å². The quantitative estimate of drug-likeness (QED) is 0.657. The number of rotatable bonds is 1. The normalized spacial score (nSPS) is 13.1. The third-order valence-electron chi connectivity index (χ3n) is 1.71. The van der Waals surface area contributed by atoms with Crippen LogP contribution in [0.25, 0.3) is 0 Å². The fourth-order valence-electron chi connectivity index (χ4n) is 1.02. The van der Waals surface area contributed by atoms with Crippen LogP contribution in [0.3, 0.4) is 0 Å². The molecule has 0 saturated carbocycles. The van der Waals surface area contributed by atoms with Crippen LogP contribution in [0, 0.1) is 12.7 Å². The molecule has 0 saturated heterocycles. The molecule has 1 nitrogen and oxygen atoms in total. The van der Waals surface area contributed by atoms with E-state index >= 15 is 0 Å². The maximum Gasteiger partial charge on any atom is 0.130 e. The van der Waals surface area contributed by atoms with E-state index in [1.807, 2.05) is 6.07 Å². The highest BCUT2D eigenvalue weighted by atomic mass is 19.1. The molecule has 0 fully saturated rings. The molecule has 0 heterocycles. The van der Waals surface area contributed by atoms with E-state index in [0.717, 1.165) is 0 Å². The van der Waals surface area contributed by atoms with Gasteiger partial charge in [0.2, 0.25) is 0 Å². The van der Waals surface area contributed by atoms with Gasteiger partial charge in [-0.05, 0) is 19.4 Å². The average molecular weight is 153 g/mol. The lowest BCUT2D eigenvalue weighted by atomic mass is 10.1. The SMILES string of the molecule is Cc1cccc([C@H](C)N)c1F. The van der Waals surface area contributed by atoms with Gasteiger partial charge in [-0.2, -0.15) is 0 Å². The number of hydrogen-bond donors (Lipinski definition) is 1. The first-order valence-electron chi connectivity index (χ1n) is 3.63. The summed E-state index contributed by atoms with van der Waals surface area (Å²) >= 11 is 0. The Kier molecular flexibility index (Phi) is 2.25. The molecule has 0 aliphatic rings. The molecule has 2 N–H and O–H groups in total. The Balaban J connectivity index is 3.17. The Hall–Kier alpha value is -0.890. The highest BCUT2D eigenvalue weighted by molar-refractivity contribution is 5.26. The van der Waals surface area contributed by atoms with Crippen molar-refractivity contribution in [3.05, 3.63) is 35.1 Å². The molecule has 1 aromatic rings. The lowest BCUT2D eigenvalue weighted by Gasteiger charge is -2.07. The summed E-state index contributed by atoms with van der Waals surface area (Å²) in [6.07, 6.45) is 0. The Morgan fingerprint density at radius 1 is 1.45 bits per heavy atom. The van der Waals surface area contributed by atoms with E-state index in [-0.39, 0.29) is 11.9 Å². The van der Waals surface area contributed by atoms with Crippen molar-refractivity contribution in [3.63, 3.8) is 0 Å². The van der Waals surface area contributed by atoms with E-state index in [4.69, 9.17) is 5.73 Å². The van der Waals surface area contributed by atoms with Crippen LogP contribution in [0.2, 0.25) is 0 Å². The summed E-state index contributed by atoms with van der Waals surface area (Å²) in [6, 6.07) is 5.04. The van der Waals surface area contributed by atoms with Gasteiger partial charge in [-0.3, -0.25) is 0 Å². The zero-order chi connectivity index (χ0) is 8.43. The lowest BCUT2D eigenvalue weighted by molar-refractivity contribution is 0.585. The van der Waals surface area contributed by atoms with Crippen molar-refractivity contribution in [2.24, 2.45) is 5.73 Å². The van der Waals surface area contributed by atoms with Crippen LogP contribution < -0.4 is 5.73 Å². The maximum absolute atomic E-state index is 13.2. The van der Waals surface area contributed by atoms with Gasteiger partial charge < -0.3 is 5.73 Å². The number of benzene rings is 1. The number of hydrogen-bond acceptors (Lipinski definition) is 1. The van der Waals surface area contributed by atoms with Crippen molar-refractivity contribution in [3.8, 4) is 0 Å². The minimum Gasteiger partial charge on any atom is -0.324 e. The molecule has 0 bridgehead atoms. The zero-order valence-electron chi connectivity index (χ0n) is 6.76. The van der Waals surface area contributed by atoms with Crippen LogP contribution in [-0.4, -0.2) is 0 Å². The fourth-order valence-corrected chi connectivity index (χ4v) is 1.02. The van der Waals surface area contributed by atoms with Crippen molar-refractivity contribution in [2.75, 3.05) is 0 Å². The molecule has 0 aromatic heterocycles. The molecule has 1 atom stereocenters. The summed E-state index contributed by atoms with van der Waals surface area (Å²) in [7, 11) is 0. The predicted octanol–water partition coefficient (Wildman–Crippen LogP) is 2.15. The number of halogens is 1. The average Bonchev–Trinajstić information content (AvgIpc) is 1.94. The van der Waals surface area contributed by atoms with Gasteiger partial charge in [0.1, 0.15) is 5.82 Å². The minimum absolute atomic E-state index is 0.178. The maximum atomic E-state index is 13.2. The highest BCUT2D eigenvalue weighted by Gasteiger charge is 2.07. The topological polar surface area (TPSA) is 26.0 Å². The first-order valence-corrected chi connectivity index (χ1v) is 3.63. The molecule has 0 aliphatic carbocycles. The molecule has 0 amide bonds. The van der Waals surface area contributed by atoms with Gasteiger partial charge in [0, 0.05) is 11.6 Å². The number of nitrogens with two attached hydrogens (primary N) is 1. The summed E-state index contributed by atoms with van der Waals surface area (Å²) in [5.41, 5.74) is 6.78. The summed E-state index contributed by atoms with van der Waals surface area (Å²) in [5, 5.41) is 0. The standard InChI is InChI=1S/C9H12FN/c1-6-4-3-5-8(7(2)11)9(6)10/h3-5,7H,11H2,1-2H3/t7-/m0/s1. The van der Waals surface area contributed by atoms with Crippen molar-refractivity contribution < 1.29 is 4.39 Å². The Morgan fingerprint density at radius 2 is 2.09 bits per heavy atom. The Labute approximate surface area is 66.0 Å². The molecular weight excluding hydrogens is 141 g/mol. The van der Waals surface area contributed by atoms with E-state index in [9.17, 15) is 4.39 Å². The van der Waals surface area contributed by atoms with E-state index in [2.05, 4.69) is 0 Å². The largest absolute Gasteiger partial charge is 0.324 e. The van der Waals surface area contributed by atoms with Crippen LogP contribution in [0.4, 0.5) is 4.39 Å². The van der Waals surface area contributed by atoms with Gasteiger partial charge in [-0.1, -0.05) is 18.2 Å². The molecule has 1 rings (SSSR count). The van der Waals surface area contributed by atoms with Gasteiger partial charge in [-0.25, -0.2) is 4.39 Å². The Bertz CT molecular complexity index is 256. The van der Waals surface area contributed by atoms with Gasteiger partial charge in [-0.15, -0.1) is 0 Å². The summed E-state index contributed by atoms with van der Waals surface area (Å²) in [4.78, 5) is 0. The lowest BCUT2D eigenvalue weighted by Crippen LogP contribution is -2.07. The third kappa shape index (κ3) is 1.57. The molecule has 2 heteroatoms. The smallest absolute Gasteiger partial charge is 0.130 e. The summed E-state index contributed by atoms with van der Waals surface area (Å²) in [5.74, 6) is -0.178. The van der Waals surface area contributed by atoms with Gasteiger partial charge in [0.05, 0.1) is 0 Å². The van der Waals surface area contributed by atoms with Crippen molar-refractivity contribution >= 4 is 0 Å². The molecule has 0 radical (unpaired) electrons. The van der Waals surface area contributed by atoms with E-state index in [1.54, 1.807) is 26.0 Å². The molecular formula is C9H12FN. The fraction of sp³-hybridized carbons (Fsp3) is 0.333. The predicted molar refractivity (Wildman–Crippen MR) is 43.7 cm³/mol. The molecule has 60 valence electrons. The van der Waals surface area contributed by atoms with Crippen LogP contribution in [-0.2, 0) is 0 Å². The third-order valence-corrected chi connectivity index (χ3v) is 1.71. The minimum atomic E-state index is -0.227. The number of aryl methyl sites for hydroxylation is 1. The first-order chi connectivity index (χ1) is 5.13. The van der Waals surface area contributed by atoms with Gasteiger partial charge >= 0.3 is 0 Å². The van der Waals surface area contributed by atoms with Crippen LogP contribution >= 0.6 is 0 Å². The monoisotopic (exact) mass is 153 g/mol. The summed E-state index contributed by atoms with van der Waals surface area (Å²) < 4.78 is 13.2. The molecule has 11 heavy (non-hydrogen) atoms. The Morgan fingerprint density at radius 3 is 2.55 bits per heavy atom. The van der Waals surface area contributed by atoms with Crippen LogP contribution in [0.5, 0.6) is 0 Å². The molecule has 0 unspecified atom stereocenters. The van der Waals surface area contributed by atoms with Gasteiger partial charge in [0.15, 0.2) is 0 Å². The molecule has 1 aromatic carbocycles. The van der Waals surface area contributed by atoms with E-state index in [0.29, 0.717) is 11.1 Å². The van der Waals surface area contributed by atoms with Crippen molar-refractivity contribution in [2.45, 2.75) is 19.9 Å². The second-order valence-corrected chi connectivity index (χ2v) is 2.77. The first kappa shape index (κ1) is 8.21. The van der Waals surface area contributed by atoms with Crippen molar-refractivity contribution in [1.29, 1.82) is 0 Å². The van der Waals surface area contributed by atoms with E-state index in [1.165, 1.54) is 0 Å². The molecule has 0 aliphatic heterocycles. The second-order valence-electron chi connectivity index (χ2n) is 2.77. The van der Waals surface area contributed by atoms with Gasteiger partial charge in [0.25, 0.3) is 0 Å². The van der Waals surface area contributed by atoms with Crippen LogP contribution in [0.15, 0.2) is 18.2 Å². The zero-order valence-corrected chi connectivity index (χ0v) is 6.76. The van der Waals surface area contributed by atoms with Crippen molar-refractivity contribution in [1.82, 2.24) is 0 Å². The summed E-state index contributed by atoms with van der Waals surface area (Å²) in [6.45, 7) is 3.51.